The summed E-state index contributed by atoms with van der Waals surface area (Å²) in [5, 5.41) is 0. The van der Waals surface area contributed by atoms with Gasteiger partial charge in [0.1, 0.15) is 5.82 Å². The standard InChI is InChI=1S/C16H14Br2FNO/c1-10(11-3-5-15(19)6-4-11)20(2)16(21)12-7-13(17)9-14(18)8-12/h3-10H,1-2H3. The van der Waals surface area contributed by atoms with Crippen LogP contribution in [0.3, 0.4) is 0 Å². The predicted octanol–water partition coefficient (Wildman–Crippen LogP) is 5.18. The molecule has 0 aliphatic rings. The SMILES string of the molecule is CC(c1ccc(F)cc1)N(C)C(=O)c1cc(Br)cc(Br)c1. The van der Waals surface area contributed by atoms with Crippen LogP contribution in [0.4, 0.5) is 4.39 Å². The van der Waals surface area contributed by atoms with Gasteiger partial charge in [-0.3, -0.25) is 4.79 Å². The van der Waals surface area contributed by atoms with Gasteiger partial charge in [-0.05, 0) is 42.8 Å². The second kappa shape index (κ2) is 6.71. The molecule has 5 heteroatoms. The highest BCUT2D eigenvalue weighted by atomic mass is 79.9. The molecule has 0 radical (unpaired) electrons. The first kappa shape index (κ1) is 16.2. The second-order valence-electron chi connectivity index (χ2n) is 4.80. The molecule has 0 spiro atoms. The number of benzene rings is 2. The van der Waals surface area contributed by atoms with Crippen LogP contribution in [0.5, 0.6) is 0 Å². The molecule has 0 aliphatic heterocycles. The van der Waals surface area contributed by atoms with Gasteiger partial charge in [-0.2, -0.15) is 0 Å². The molecule has 2 aromatic carbocycles. The van der Waals surface area contributed by atoms with Crippen molar-refractivity contribution in [3.63, 3.8) is 0 Å². The minimum absolute atomic E-state index is 0.0891. The fourth-order valence-corrected chi connectivity index (χ4v) is 3.32. The van der Waals surface area contributed by atoms with E-state index in [1.54, 1.807) is 36.2 Å². The summed E-state index contributed by atoms with van der Waals surface area (Å²) in [6, 6.07) is 11.5. The molecule has 0 aromatic heterocycles. The first-order chi connectivity index (χ1) is 9.88. The predicted molar refractivity (Wildman–Crippen MR) is 88.8 cm³/mol. The van der Waals surface area contributed by atoms with Crippen molar-refractivity contribution >= 4 is 37.8 Å². The molecule has 0 N–H and O–H groups in total. The summed E-state index contributed by atoms with van der Waals surface area (Å²) in [7, 11) is 1.74. The molecule has 110 valence electrons. The molecular formula is C16H14Br2FNO. The van der Waals surface area contributed by atoms with Crippen LogP contribution in [0.15, 0.2) is 51.4 Å². The first-order valence-corrected chi connectivity index (χ1v) is 7.96. The zero-order chi connectivity index (χ0) is 15.6. The molecule has 0 fully saturated rings. The normalized spacial score (nSPS) is 12.0. The molecule has 0 bridgehead atoms. The number of amides is 1. The molecule has 21 heavy (non-hydrogen) atoms. The minimum atomic E-state index is -0.282. The Morgan fingerprint density at radius 1 is 1.10 bits per heavy atom. The molecule has 0 saturated carbocycles. The Bertz CT molecular complexity index is 638. The average molecular weight is 415 g/mol. The van der Waals surface area contributed by atoms with Gasteiger partial charge >= 0.3 is 0 Å². The Balaban J connectivity index is 2.23. The quantitative estimate of drug-likeness (QED) is 0.677. The molecule has 2 rings (SSSR count). The largest absolute Gasteiger partial charge is 0.335 e. The van der Waals surface area contributed by atoms with Gasteiger partial charge in [-0.25, -0.2) is 4.39 Å². The van der Waals surface area contributed by atoms with Gasteiger partial charge in [0.2, 0.25) is 0 Å². The van der Waals surface area contributed by atoms with E-state index in [1.165, 1.54) is 12.1 Å². The number of halogens is 3. The molecule has 0 heterocycles. The molecule has 2 nitrogen and oxygen atoms in total. The number of rotatable bonds is 3. The van der Waals surface area contributed by atoms with E-state index in [1.807, 2.05) is 13.0 Å². The third-order valence-electron chi connectivity index (χ3n) is 3.36. The highest BCUT2D eigenvalue weighted by Gasteiger charge is 2.19. The summed E-state index contributed by atoms with van der Waals surface area (Å²) in [4.78, 5) is 14.2. The van der Waals surface area contributed by atoms with E-state index in [2.05, 4.69) is 31.9 Å². The van der Waals surface area contributed by atoms with Gasteiger partial charge < -0.3 is 4.90 Å². The Kier molecular flexibility index (Phi) is 5.17. The van der Waals surface area contributed by atoms with E-state index < -0.39 is 0 Å². The highest BCUT2D eigenvalue weighted by molar-refractivity contribution is 9.11. The van der Waals surface area contributed by atoms with Crippen molar-refractivity contribution in [2.24, 2.45) is 0 Å². The van der Waals surface area contributed by atoms with Gasteiger partial charge in [0.25, 0.3) is 5.91 Å². The summed E-state index contributed by atoms with van der Waals surface area (Å²) in [5.74, 6) is -0.371. The maximum absolute atomic E-state index is 13.0. The van der Waals surface area contributed by atoms with Crippen molar-refractivity contribution in [1.29, 1.82) is 0 Å². The fraction of sp³-hybridized carbons (Fsp3) is 0.188. The van der Waals surface area contributed by atoms with Crippen LogP contribution in [0, 0.1) is 5.82 Å². The second-order valence-corrected chi connectivity index (χ2v) is 6.63. The summed E-state index contributed by atoms with van der Waals surface area (Å²) in [6.07, 6.45) is 0. The fourth-order valence-electron chi connectivity index (χ4n) is 2.02. The molecular weight excluding hydrogens is 401 g/mol. The summed E-state index contributed by atoms with van der Waals surface area (Å²) in [6.45, 7) is 1.91. The third-order valence-corrected chi connectivity index (χ3v) is 4.28. The van der Waals surface area contributed by atoms with Gasteiger partial charge in [0.15, 0.2) is 0 Å². The first-order valence-electron chi connectivity index (χ1n) is 6.37. The van der Waals surface area contributed by atoms with E-state index in [4.69, 9.17) is 0 Å². The monoisotopic (exact) mass is 413 g/mol. The summed E-state index contributed by atoms with van der Waals surface area (Å²) < 4.78 is 14.6. The zero-order valence-corrected chi connectivity index (χ0v) is 14.8. The number of hydrogen-bond donors (Lipinski definition) is 0. The Morgan fingerprint density at radius 3 is 2.14 bits per heavy atom. The lowest BCUT2D eigenvalue weighted by Crippen LogP contribution is -2.29. The van der Waals surface area contributed by atoms with Gasteiger partial charge in [0.05, 0.1) is 6.04 Å². The molecule has 0 aliphatic carbocycles. The van der Waals surface area contributed by atoms with Crippen LogP contribution in [-0.4, -0.2) is 17.9 Å². The molecule has 1 amide bonds. The van der Waals surface area contributed by atoms with E-state index in [0.717, 1.165) is 14.5 Å². The summed E-state index contributed by atoms with van der Waals surface area (Å²) in [5.41, 5.74) is 1.48. The van der Waals surface area contributed by atoms with Crippen LogP contribution >= 0.6 is 31.9 Å². The number of carbonyl (C=O) groups excluding carboxylic acids is 1. The van der Waals surface area contributed by atoms with Crippen LogP contribution in [-0.2, 0) is 0 Å². The molecule has 1 unspecified atom stereocenters. The minimum Gasteiger partial charge on any atom is -0.335 e. The smallest absolute Gasteiger partial charge is 0.254 e. The van der Waals surface area contributed by atoms with Crippen molar-refractivity contribution in [3.8, 4) is 0 Å². The Hall–Kier alpha value is -1.20. The lowest BCUT2D eigenvalue weighted by atomic mass is 10.1. The van der Waals surface area contributed by atoms with Crippen molar-refractivity contribution in [3.05, 3.63) is 68.4 Å². The third kappa shape index (κ3) is 3.92. The van der Waals surface area contributed by atoms with Gasteiger partial charge in [-0.1, -0.05) is 44.0 Å². The number of hydrogen-bond acceptors (Lipinski definition) is 1. The number of nitrogens with zero attached hydrogens (tertiary/aromatic N) is 1. The van der Waals surface area contributed by atoms with Crippen LogP contribution in [0.2, 0.25) is 0 Å². The topological polar surface area (TPSA) is 20.3 Å². The van der Waals surface area contributed by atoms with E-state index in [0.29, 0.717) is 5.56 Å². The van der Waals surface area contributed by atoms with Crippen molar-refractivity contribution in [1.82, 2.24) is 4.90 Å². The molecule has 2 aromatic rings. The molecule has 0 saturated heterocycles. The van der Waals surface area contributed by atoms with Crippen LogP contribution < -0.4 is 0 Å². The van der Waals surface area contributed by atoms with Crippen LogP contribution in [0.25, 0.3) is 0 Å². The van der Waals surface area contributed by atoms with Crippen molar-refractivity contribution in [2.75, 3.05) is 7.05 Å². The average Bonchev–Trinajstić information content (AvgIpc) is 2.44. The highest BCUT2D eigenvalue weighted by Crippen LogP contribution is 2.24. The zero-order valence-electron chi connectivity index (χ0n) is 11.6. The lowest BCUT2D eigenvalue weighted by molar-refractivity contribution is 0.0742. The maximum atomic E-state index is 13.0. The van der Waals surface area contributed by atoms with E-state index >= 15 is 0 Å². The van der Waals surface area contributed by atoms with Crippen molar-refractivity contribution < 1.29 is 9.18 Å². The lowest BCUT2D eigenvalue weighted by Gasteiger charge is -2.25. The number of carbonyl (C=O) groups is 1. The van der Waals surface area contributed by atoms with Gasteiger partial charge in [0, 0.05) is 21.6 Å². The Morgan fingerprint density at radius 2 is 1.62 bits per heavy atom. The Labute approximate surface area is 140 Å². The van der Waals surface area contributed by atoms with Crippen molar-refractivity contribution in [2.45, 2.75) is 13.0 Å². The summed E-state index contributed by atoms with van der Waals surface area (Å²) >= 11 is 6.76. The van der Waals surface area contributed by atoms with E-state index in [-0.39, 0.29) is 17.8 Å². The molecule has 1 atom stereocenters. The van der Waals surface area contributed by atoms with E-state index in [9.17, 15) is 9.18 Å². The maximum Gasteiger partial charge on any atom is 0.254 e. The van der Waals surface area contributed by atoms with Gasteiger partial charge in [-0.15, -0.1) is 0 Å². The van der Waals surface area contributed by atoms with Crippen LogP contribution in [0.1, 0.15) is 28.9 Å².